The molecule has 0 saturated carbocycles. The summed E-state index contributed by atoms with van der Waals surface area (Å²) in [6, 6.07) is 10.5. The standard InChI is InChI=1S/C23H23ClN6O4S/c1-34-10-9-29(35(2,32)33)22-8-3-16(11-26-22)12-27-23(31)20-13-25-15-21-19(20)14-28-30(21)18-6-4-17(24)5-7-18/h3-8,11,13-15H,9-10,12H2,1-2H3,(H,27,31). The van der Waals surface area contributed by atoms with Crippen molar-refractivity contribution >= 4 is 44.3 Å². The van der Waals surface area contributed by atoms with Crippen molar-refractivity contribution in [2.24, 2.45) is 0 Å². The number of halogens is 1. The molecule has 0 fully saturated rings. The molecule has 1 aromatic carbocycles. The van der Waals surface area contributed by atoms with Gasteiger partial charge in [-0.25, -0.2) is 18.1 Å². The Balaban J connectivity index is 1.49. The lowest BCUT2D eigenvalue weighted by Crippen LogP contribution is -2.33. The topological polar surface area (TPSA) is 119 Å². The predicted octanol–water partition coefficient (Wildman–Crippen LogP) is 2.81. The number of carbonyl (C=O) groups excluding carboxylic acids is 1. The van der Waals surface area contributed by atoms with Crippen LogP contribution in [-0.2, 0) is 21.3 Å². The Hall–Kier alpha value is -3.54. The van der Waals surface area contributed by atoms with Crippen LogP contribution >= 0.6 is 11.6 Å². The van der Waals surface area contributed by atoms with E-state index in [0.29, 0.717) is 27.1 Å². The highest BCUT2D eigenvalue weighted by Crippen LogP contribution is 2.22. The molecule has 35 heavy (non-hydrogen) atoms. The summed E-state index contributed by atoms with van der Waals surface area (Å²) < 4.78 is 32.0. The van der Waals surface area contributed by atoms with Crippen molar-refractivity contribution in [1.82, 2.24) is 25.1 Å². The molecular formula is C23H23ClN6O4S. The van der Waals surface area contributed by atoms with E-state index in [9.17, 15) is 13.2 Å². The van der Waals surface area contributed by atoms with Gasteiger partial charge in [0.1, 0.15) is 5.82 Å². The summed E-state index contributed by atoms with van der Waals surface area (Å²) >= 11 is 5.97. The number of hydrogen-bond acceptors (Lipinski definition) is 7. The average Bonchev–Trinajstić information content (AvgIpc) is 3.27. The van der Waals surface area contributed by atoms with E-state index in [2.05, 4.69) is 20.4 Å². The van der Waals surface area contributed by atoms with Gasteiger partial charge in [0.05, 0.1) is 48.6 Å². The second kappa shape index (κ2) is 10.4. The molecule has 1 amide bonds. The van der Waals surface area contributed by atoms with Crippen LogP contribution in [0.3, 0.4) is 0 Å². The number of amides is 1. The molecule has 182 valence electrons. The zero-order valence-corrected chi connectivity index (χ0v) is 20.6. The fourth-order valence-corrected chi connectivity index (χ4v) is 4.46. The van der Waals surface area contributed by atoms with E-state index in [1.807, 2.05) is 12.1 Å². The Morgan fingerprint density at radius 1 is 1.11 bits per heavy atom. The third-order valence-corrected chi connectivity index (χ3v) is 6.65. The van der Waals surface area contributed by atoms with Crippen molar-refractivity contribution in [3.63, 3.8) is 0 Å². The lowest BCUT2D eigenvalue weighted by molar-refractivity contribution is 0.0952. The van der Waals surface area contributed by atoms with Crippen molar-refractivity contribution in [3.8, 4) is 5.69 Å². The average molecular weight is 515 g/mol. The highest BCUT2D eigenvalue weighted by Gasteiger charge is 2.19. The number of pyridine rings is 2. The van der Waals surface area contributed by atoms with Crippen LogP contribution in [0.5, 0.6) is 0 Å². The Kier molecular flexibility index (Phi) is 7.29. The fourth-order valence-electron chi connectivity index (χ4n) is 3.48. The lowest BCUT2D eigenvalue weighted by Gasteiger charge is -2.21. The molecule has 0 aliphatic rings. The monoisotopic (exact) mass is 514 g/mol. The first-order chi connectivity index (χ1) is 16.8. The Labute approximate surface area is 207 Å². The van der Waals surface area contributed by atoms with Crippen LogP contribution in [0.2, 0.25) is 5.02 Å². The second-order valence-corrected chi connectivity index (χ2v) is 10.0. The maximum Gasteiger partial charge on any atom is 0.253 e. The van der Waals surface area contributed by atoms with Crippen LogP contribution in [0.1, 0.15) is 15.9 Å². The molecule has 3 heterocycles. The van der Waals surface area contributed by atoms with E-state index in [4.69, 9.17) is 16.3 Å². The summed E-state index contributed by atoms with van der Waals surface area (Å²) in [5.74, 6) is -0.0381. The van der Waals surface area contributed by atoms with Gasteiger partial charge in [-0.15, -0.1) is 0 Å². The van der Waals surface area contributed by atoms with Gasteiger partial charge in [0, 0.05) is 36.5 Å². The van der Waals surface area contributed by atoms with Crippen molar-refractivity contribution in [1.29, 1.82) is 0 Å². The van der Waals surface area contributed by atoms with Gasteiger partial charge >= 0.3 is 0 Å². The Morgan fingerprint density at radius 2 is 1.89 bits per heavy atom. The summed E-state index contributed by atoms with van der Waals surface area (Å²) in [6.45, 7) is 0.588. The van der Waals surface area contributed by atoms with Crippen LogP contribution in [0.15, 0.2) is 61.2 Å². The molecule has 0 spiro atoms. The molecule has 3 aromatic heterocycles. The molecule has 0 atom stereocenters. The number of methoxy groups -OCH3 is 1. The molecule has 0 aliphatic heterocycles. The molecule has 0 aliphatic carbocycles. The van der Waals surface area contributed by atoms with E-state index >= 15 is 0 Å². The molecule has 10 nitrogen and oxygen atoms in total. The number of hydrogen-bond donors (Lipinski definition) is 1. The Bertz CT molecular complexity index is 1440. The molecule has 1 N–H and O–H groups in total. The number of aromatic nitrogens is 4. The van der Waals surface area contributed by atoms with Gasteiger partial charge in [0.15, 0.2) is 0 Å². The van der Waals surface area contributed by atoms with Crippen molar-refractivity contribution in [3.05, 3.63) is 77.3 Å². The van der Waals surface area contributed by atoms with Crippen LogP contribution in [0, 0.1) is 0 Å². The predicted molar refractivity (Wildman–Crippen MR) is 133 cm³/mol. The number of carbonyl (C=O) groups is 1. The number of nitrogens with one attached hydrogen (secondary N) is 1. The van der Waals surface area contributed by atoms with Gasteiger partial charge in [-0.3, -0.25) is 14.1 Å². The van der Waals surface area contributed by atoms with Crippen LogP contribution in [-0.4, -0.2) is 60.6 Å². The maximum atomic E-state index is 12.9. The number of nitrogens with zero attached hydrogens (tertiary/aromatic N) is 5. The van der Waals surface area contributed by atoms with Gasteiger partial charge in [0.2, 0.25) is 10.0 Å². The van der Waals surface area contributed by atoms with Gasteiger partial charge in [-0.1, -0.05) is 17.7 Å². The van der Waals surface area contributed by atoms with Crippen LogP contribution < -0.4 is 9.62 Å². The normalized spacial score (nSPS) is 11.5. The van der Waals surface area contributed by atoms with Gasteiger partial charge in [0.25, 0.3) is 5.91 Å². The highest BCUT2D eigenvalue weighted by atomic mass is 35.5. The van der Waals surface area contributed by atoms with E-state index in [1.165, 1.54) is 23.8 Å². The zero-order valence-electron chi connectivity index (χ0n) is 19.1. The molecule has 4 aromatic rings. The Morgan fingerprint density at radius 3 is 2.54 bits per heavy atom. The van der Waals surface area contributed by atoms with Gasteiger partial charge in [-0.05, 0) is 35.9 Å². The fraction of sp³-hybridized carbons (Fsp3) is 0.217. The summed E-state index contributed by atoms with van der Waals surface area (Å²) in [5, 5.41) is 8.53. The number of benzene rings is 1. The summed E-state index contributed by atoms with van der Waals surface area (Å²) in [4.78, 5) is 21.4. The summed E-state index contributed by atoms with van der Waals surface area (Å²) in [6.07, 6.45) is 7.40. The SMILES string of the molecule is COCCN(c1ccc(CNC(=O)c2cncc3c2cnn3-c2ccc(Cl)cc2)cn1)S(C)(=O)=O. The van der Waals surface area contributed by atoms with E-state index in [0.717, 1.165) is 11.9 Å². The maximum absolute atomic E-state index is 12.9. The molecule has 0 bridgehead atoms. The van der Waals surface area contributed by atoms with Crippen molar-refractivity contribution in [2.45, 2.75) is 6.54 Å². The minimum atomic E-state index is -3.51. The highest BCUT2D eigenvalue weighted by molar-refractivity contribution is 7.92. The zero-order chi connectivity index (χ0) is 25.0. The largest absolute Gasteiger partial charge is 0.383 e. The number of anilines is 1. The molecule has 0 saturated heterocycles. The first-order valence-electron chi connectivity index (χ1n) is 10.6. The minimum Gasteiger partial charge on any atom is -0.383 e. The van der Waals surface area contributed by atoms with Crippen molar-refractivity contribution < 1.29 is 17.9 Å². The number of fused-ring (bicyclic) bond motifs is 1. The molecule has 0 radical (unpaired) electrons. The molecule has 0 unspecified atom stereocenters. The van der Waals surface area contributed by atoms with Gasteiger partial charge in [-0.2, -0.15) is 5.10 Å². The quantitative estimate of drug-likeness (QED) is 0.364. The molecule has 4 rings (SSSR count). The first-order valence-corrected chi connectivity index (χ1v) is 12.8. The van der Waals surface area contributed by atoms with Crippen LogP contribution in [0.25, 0.3) is 16.6 Å². The van der Waals surface area contributed by atoms with Crippen LogP contribution in [0.4, 0.5) is 5.82 Å². The molecular weight excluding hydrogens is 492 g/mol. The second-order valence-electron chi connectivity index (χ2n) is 7.69. The summed E-state index contributed by atoms with van der Waals surface area (Å²) in [5.41, 5.74) is 2.57. The third-order valence-electron chi connectivity index (χ3n) is 5.23. The van der Waals surface area contributed by atoms with Crippen molar-refractivity contribution in [2.75, 3.05) is 30.8 Å². The number of rotatable bonds is 9. The van der Waals surface area contributed by atoms with E-state index in [1.54, 1.807) is 41.3 Å². The third kappa shape index (κ3) is 5.59. The number of ether oxygens (including phenoxy) is 1. The van der Waals surface area contributed by atoms with Gasteiger partial charge < -0.3 is 10.1 Å². The first kappa shape index (κ1) is 24.6. The van der Waals surface area contributed by atoms with E-state index in [-0.39, 0.29) is 31.4 Å². The molecule has 12 heteroatoms. The summed E-state index contributed by atoms with van der Waals surface area (Å²) in [7, 11) is -2.01. The minimum absolute atomic E-state index is 0.152. The smallest absolute Gasteiger partial charge is 0.253 e. The lowest BCUT2D eigenvalue weighted by atomic mass is 10.1. The van der Waals surface area contributed by atoms with E-state index < -0.39 is 10.0 Å². The number of sulfonamides is 1.